The molecule has 4 heteroatoms. The lowest BCUT2D eigenvalue weighted by Gasteiger charge is -2.05. The molecule has 4 nitrogen and oxygen atoms in total. The summed E-state index contributed by atoms with van der Waals surface area (Å²) in [7, 11) is 0. The Morgan fingerprint density at radius 1 is 1.13 bits per heavy atom. The van der Waals surface area contributed by atoms with Gasteiger partial charge < -0.3 is 10.5 Å². The predicted octanol–water partition coefficient (Wildman–Crippen LogP) is 1.36. The Morgan fingerprint density at radius 3 is 2.73 bits per heavy atom. The monoisotopic (exact) mass is 203 g/mol. The van der Waals surface area contributed by atoms with Crippen LogP contribution in [-0.2, 0) is 0 Å². The Hall–Kier alpha value is -1.68. The van der Waals surface area contributed by atoms with Gasteiger partial charge in [0.15, 0.2) is 0 Å². The Morgan fingerprint density at radius 2 is 1.93 bits per heavy atom. The molecular weight excluding hydrogens is 190 g/mol. The van der Waals surface area contributed by atoms with E-state index in [-0.39, 0.29) is 0 Å². The zero-order chi connectivity index (χ0) is 10.5. The van der Waals surface area contributed by atoms with Crippen LogP contribution in [0.15, 0.2) is 30.6 Å². The maximum Gasteiger partial charge on any atom is 0.121 e. The molecule has 0 unspecified atom stereocenters. The smallest absolute Gasteiger partial charge is 0.121 e. The molecule has 1 aromatic heterocycles. The minimum atomic E-state index is 0.641. The van der Waals surface area contributed by atoms with Crippen molar-refractivity contribution in [3.63, 3.8) is 0 Å². The van der Waals surface area contributed by atoms with Crippen LogP contribution in [0, 0.1) is 0 Å². The van der Waals surface area contributed by atoms with Gasteiger partial charge in [0.1, 0.15) is 5.75 Å². The summed E-state index contributed by atoms with van der Waals surface area (Å²) in [4.78, 5) is 8.38. The molecule has 0 bridgehead atoms. The predicted molar refractivity (Wildman–Crippen MR) is 58.7 cm³/mol. The number of fused-ring (bicyclic) bond motifs is 1. The van der Waals surface area contributed by atoms with Crippen molar-refractivity contribution in [3.8, 4) is 5.75 Å². The number of nitrogens with two attached hydrogens (primary N) is 1. The van der Waals surface area contributed by atoms with Gasteiger partial charge in [-0.05, 0) is 25.1 Å². The summed E-state index contributed by atoms with van der Waals surface area (Å²) in [6.07, 6.45) is 4.21. The van der Waals surface area contributed by atoms with Crippen molar-refractivity contribution in [2.45, 2.75) is 6.42 Å². The zero-order valence-corrected chi connectivity index (χ0v) is 8.39. The van der Waals surface area contributed by atoms with Crippen molar-refractivity contribution in [2.75, 3.05) is 13.2 Å². The first-order valence-corrected chi connectivity index (χ1v) is 4.94. The molecule has 0 saturated heterocycles. The summed E-state index contributed by atoms with van der Waals surface area (Å²) in [5, 5.41) is 0. The molecule has 0 amide bonds. The van der Waals surface area contributed by atoms with Gasteiger partial charge in [0, 0.05) is 18.5 Å². The highest BCUT2D eigenvalue weighted by Crippen LogP contribution is 2.16. The van der Waals surface area contributed by atoms with Crippen LogP contribution < -0.4 is 10.5 Å². The van der Waals surface area contributed by atoms with Gasteiger partial charge in [-0.15, -0.1) is 0 Å². The molecule has 1 heterocycles. The van der Waals surface area contributed by atoms with E-state index in [4.69, 9.17) is 10.5 Å². The summed E-state index contributed by atoms with van der Waals surface area (Å²) in [6, 6.07) is 5.69. The molecule has 2 aromatic rings. The van der Waals surface area contributed by atoms with E-state index in [1.54, 1.807) is 12.4 Å². The summed E-state index contributed by atoms with van der Waals surface area (Å²) in [5.74, 6) is 0.816. The molecule has 0 radical (unpaired) electrons. The van der Waals surface area contributed by atoms with Crippen molar-refractivity contribution in [2.24, 2.45) is 5.73 Å². The van der Waals surface area contributed by atoms with Crippen LogP contribution in [0.3, 0.4) is 0 Å². The number of nitrogens with zero attached hydrogens (tertiary/aromatic N) is 2. The molecule has 2 N–H and O–H groups in total. The quantitative estimate of drug-likeness (QED) is 0.762. The molecule has 0 spiro atoms. The van der Waals surface area contributed by atoms with Crippen molar-refractivity contribution in [1.82, 2.24) is 9.97 Å². The SMILES string of the molecule is NCCCOc1ccc2nccnc2c1. The fraction of sp³-hybridized carbons (Fsp3) is 0.273. The van der Waals surface area contributed by atoms with Crippen molar-refractivity contribution in [1.29, 1.82) is 0 Å². The number of aromatic nitrogens is 2. The van der Waals surface area contributed by atoms with E-state index in [0.29, 0.717) is 13.2 Å². The third kappa shape index (κ3) is 2.41. The van der Waals surface area contributed by atoms with E-state index >= 15 is 0 Å². The van der Waals surface area contributed by atoms with Crippen LogP contribution in [0.4, 0.5) is 0 Å². The second-order valence-corrected chi connectivity index (χ2v) is 3.20. The lowest BCUT2D eigenvalue weighted by atomic mass is 10.3. The van der Waals surface area contributed by atoms with Gasteiger partial charge in [0.25, 0.3) is 0 Å². The molecule has 15 heavy (non-hydrogen) atoms. The van der Waals surface area contributed by atoms with Gasteiger partial charge in [-0.25, -0.2) is 0 Å². The van der Waals surface area contributed by atoms with Crippen molar-refractivity contribution < 1.29 is 4.74 Å². The van der Waals surface area contributed by atoms with E-state index in [2.05, 4.69) is 9.97 Å². The number of ether oxygens (including phenoxy) is 1. The molecule has 0 aliphatic heterocycles. The number of hydrogen-bond acceptors (Lipinski definition) is 4. The molecule has 0 aliphatic carbocycles. The first-order chi connectivity index (χ1) is 7.40. The average Bonchev–Trinajstić information content (AvgIpc) is 2.29. The minimum Gasteiger partial charge on any atom is -0.493 e. The molecule has 2 rings (SSSR count). The van der Waals surface area contributed by atoms with E-state index in [0.717, 1.165) is 23.2 Å². The maximum absolute atomic E-state index is 5.51. The van der Waals surface area contributed by atoms with E-state index in [9.17, 15) is 0 Å². The lowest BCUT2D eigenvalue weighted by molar-refractivity contribution is 0.314. The van der Waals surface area contributed by atoms with E-state index < -0.39 is 0 Å². The molecule has 0 aliphatic rings. The molecule has 0 atom stereocenters. The molecule has 78 valence electrons. The average molecular weight is 203 g/mol. The van der Waals surface area contributed by atoms with Gasteiger partial charge in [0.05, 0.1) is 17.6 Å². The normalized spacial score (nSPS) is 10.5. The van der Waals surface area contributed by atoms with Gasteiger partial charge in [-0.2, -0.15) is 0 Å². The molecular formula is C11H13N3O. The van der Waals surface area contributed by atoms with Crippen LogP contribution in [0.1, 0.15) is 6.42 Å². The first-order valence-electron chi connectivity index (χ1n) is 4.94. The van der Waals surface area contributed by atoms with Crippen molar-refractivity contribution >= 4 is 11.0 Å². The summed E-state index contributed by atoms with van der Waals surface area (Å²) in [5.41, 5.74) is 7.11. The third-order valence-corrected chi connectivity index (χ3v) is 2.06. The third-order valence-electron chi connectivity index (χ3n) is 2.06. The number of benzene rings is 1. The second-order valence-electron chi connectivity index (χ2n) is 3.20. The number of rotatable bonds is 4. The highest BCUT2D eigenvalue weighted by atomic mass is 16.5. The Kier molecular flexibility index (Phi) is 3.09. The highest BCUT2D eigenvalue weighted by Gasteiger charge is 1.98. The van der Waals surface area contributed by atoms with E-state index in [1.807, 2.05) is 18.2 Å². The van der Waals surface area contributed by atoms with Crippen LogP contribution in [-0.4, -0.2) is 23.1 Å². The largest absolute Gasteiger partial charge is 0.493 e. The summed E-state index contributed by atoms with van der Waals surface area (Å²) in [6.45, 7) is 1.29. The second kappa shape index (κ2) is 4.70. The topological polar surface area (TPSA) is 61.0 Å². The van der Waals surface area contributed by atoms with E-state index in [1.165, 1.54) is 0 Å². The fourth-order valence-electron chi connectivity index (χ4n) is 1.31. The first kappa shape index (κ1) is 9.86. The minimum absolute atomic E-state index is 0.641. The zero-order valence-electron chi connectivity index (χ0n) is 8.39. The molecule has 0 saturated carbocycles. The van der Waals surface area contributed by atoms with Crippen LogP contribution in [0.2, 0.25) is 0 Å². The van der Waals surface area contributed by atoms with Crippen LogP contribution in [0.5, 0.6) is 5.75 Å². The van der Waals surface area contributed by atoms with Gasteiger partial charge >= 0.3 is 0 Å². The van der Waals surface area contributed by atoms with Gasteiger partial charge in [0.2, 0.25) is 0 Å². The van der Waals surface area contributed by atoms with Crippen molar-refractivity contribution in [3.05, 3.63) is 30.6 Å². The Balaban J connectivity index is 2.16. The summed E-state index contributed by atoms with van der Waals surface area (Å²) >= 11 is 0. The van der Waals surface area contributed by atoms with Gasteiger partial charge in [-0.1, -0.05) is 0 Å². The lowest BCUT2D eigenvalue weighted by Crippen LogP contribution is -2.06. The number of hydrogen-bond donors (Lipinski definition) is 1. The van der Waals surface area contributed by atoms with Crippen LogP contribution in [0.25, 0.3) is 11.0 Å². The van der Waals surface area contributed by atoms with Gasteiger partial charge in [-0.3, -0.25) is 9.97 Å². The fourth-order valence-corrected chi connectivity index (χ4v) is 1.31. The standard InChI is InChI=1S/C11H13N3O/c12-4-1-7-15-9-2-3-10-11(8-9)14-6-5-13-10/h2-3,5-6,8H,1,4,7,12H2. The van der Waals surface area contributed by atoms with Crippen LogP contribution >= 0.6 is 0 Å². The summed E-state index contributed by atoms with van der Waals surface area (Å²) < 4.78 is 5.51. The Labute approximate surface area is 88.1 Å². The Bertz CT molecular complexity index is 445. The molecule has 1 aromatic carbocycles. The maximum atomic E-state index is 5.51. The molecule has 0 fully saturated rings. The highest BCUT2D eigenvalue weighted by molar-refractivity contribution is 5.75.